The van der Waals surface area contributed by atoms with Gasteiger partial charge in [0.1, 0.15) is 0 Å². The van der Waals surface area contributed by atoms with E-state index in [1.165, 1.54) is 32.1 Å². The number of thioether (sulfide) groups is 1. The second-order valence-electron chi connectivity index (χ2n) is 3.08. The maximum Gasteiger partial charge on any atom is 0.344 e. The standard InChI is InChI=1S/C11H18O4S/c1-4-5-6-7-16-9(11(13)15-3)8-10(12)14-2/h8H,4-7H2,1-3H3/b9-8-. The van der Waals surface area contributed by atoms with Gasteiger partial charge in [-0.15, -0.1) is 11.8 Å². The van der Waals surface area contributed by atoms with Crippen LogP contribution in [0.4, 0.5) is 0 Å². The van der Waals surface area contributed by atoms with Gasteiger partial charge in [-0.25, -0.2) is 9.59 Å². The molecule has 5 heteroatoms. The highest BCUT2D eigenvalue weighted by Gasteiger charge is 2.12. The van der Waals surface area contributed by atoms with Crippen LogP contribution in [-0.4, -0.2) is 31.9 Å². The number of carbonyl (C=O) groups is 2. The van der Waals surface area contributed by atoms with E-state index in [0.717, 1.165) is 25.0 Å². The third-order valence-electron chi connectivity index (χ3n) is 1.84. The Bertz CT molecular complexity index is 261. The van der Waals surface area contributed by atoms with E-state index in [1.54, 1.807) is 0 Å². The normalized spacial score (nSPS) is 11.1. The van der Waals surface area contributed by atoms with Gasteiger partial charge >= 0.3 is 11.9 Å². The second-order valence-corrected chi connectivity index (χ2v) is 4.22. The number of esters is 2. The summed E-state index contributed by atoms with van der Waals surface area (Å²) in [4.78, 5) is 22.6. The zero-order valence-electron chi connectivity index (χ0n) is 9.95. The Morgan fingerprint density at radius 3 is 2.38 bits per heavy atom. The fraction of sp³-hybridized carbons (Fsp3) is 0.636. The van der Waals surface area contributed by atoms with Gasteiger partial charge in [-0.05, 0) is 12.2 Å². The van der Waals surface area contributed by atoms with Crippen molar-refractivity contribution in [2.75, 3.05) is 20.0 Å². The molecule has 0 fully saturated rings. The summed E-state index contributed by atoms with van der Waals surface area (Å²) in [7, 11) is 2.57. The first-order valence-electron chi connectivity index (χ1n) is 5.16. The molecule has 0 N–H and O–H groups in total. The van der Waals surface area contributed by atoms with Crippen LogP contribution in [0.15, 0.2) is 11.0 Å². The molecule has 0 saturated heterocycles. The number of unbranched alkanes of at least 4 members (excludes halogenated alkanes) is 2. The smallest absolute Gasteiger partial charge is 0.344 e. The molecule has 4 nitrogen and oxygen atoms in total. The summed E-state index contributed by atoms with van der Waals surface area (Å²) >= 11 is 1.32. The number of hydrogen-bond donors (Lipinski definition) is 0. The van der Waals surface area contributed by atoms with Crippen LogP contribution in [-0.2, 0) is 19.1 Å². The van der Waals surface area contributed by atoms with E-state index in [0.29, 0.717) is 4.91 Å². The van der Waals surface area contributed by atoms with Crippen molar-refractivity contribution in [2.24, 2.45) is 0 Å². The molecule has 0 aromatic rings. The SMILES string of the molecule is CCCCCS/C(=C\C(=O)OC)C(=O)OC. The first-order valence-corrected chi connectivity index (χ1v) is 6.15. The number of methoxy groups -OCH3 is 2. The molecule has 0 radical (unpaired) electrons. The molecule has 16 heavy (non-hydrogen) atoms. The van der Waals surface area contributed by atoms with Crippen molar-refractivity contribution < 1.29 is 19.1 Å². The molecule has 0 aliphatic rings. The molecule has 0 aromatic heterocycles. The van der Waals surface area contributed by atoms with Crippen molar-refractivity contribution in [3.8, 4) is 0 Å². The Morgan fingerprint density at radius 1 is 1.19 bits per heavy atom. The third kappa shape index (κ3) is 6.50. The summed E-state index contributed by atoms with van der Waals surface area (Å²) in [6.45, 7) is 2.11. The highest BCUT2D eigenvalue weighted by atomic mass is 32.2. The quantitative estimate of drug-likeness (QED) is 0.391. The lowest BCUT2D eigenvalue weighted by Crippen LogP contribution is -2.06. The summed E-state index contributed by atoms with van der Waals surface area (Å²) < 4.78 is 9.05. The van der Waals surface area contributed by atoms with Crippen LogP contribution in [0.25, 0.3) is 0 Å². The van der Waals surface area contributed by atoms with Gasteiger partial charge in [-0.1, -0.05) is 19.8 Å². The van der Waals surface area contributed by atoms with Crippen molar-refractivity contribution in [1.29, 1.82) is 0 Å². The minimum Gasteiger partial charge on any atom is -0.466 e. The Hall–Kier alpha value is -0.970. The van der Waals surface area contributed by atoms with Gasteiger partial charge < -0.3 is 9.47 Å². The van der Waals surface area contributed by atoms with Crippen molar-refractivity contribution in [1.82, 2.24) is 0 Å². The molecule has 0 aromatic carbocycles. The van der Waals surface area contributed by atoms with E-state index >= 15 is 0 Å². The third-order valence-corrected chi connectivity index (χ3v) is 2.93. The van der Waals surface area contributed by atoms with E-state index in [9.17, 15) is 9.59 Å². The molecule has 0 unspecified atom stereocenters. The van der Waals surface area contributed by atoms with E-state index in [4.69, 9.17) is 0 Å². The molecule has 0 aliphatic heterocycles. The van der Waals surface area contributed by atoms with Crippen molar-refractivity contribution >= 4 is 23.7 Å². The lowest BCUT2D eigenvalue weighted by Gasteiger charge is -2.04. The van der Waals surface area contributed by atoms with Crippen molar-refractivity contribution in [3.63, 3.8) is 0 Å². The number of rotatable bonds is 7. The predicted octanol–water partition coefficient (Wildman–Crippen LogP) is 2.14. The molecule has 0 saturated carbocycles. The molecule has 0 spiro atoms. The Labute approximate surface area is 100 Å². The molecule has 0 amide bonds. The fourth-order valence-corrected chi connectivity index (χ4v) is 1.91. The van der Waals surface area contributed by atoms with Gasteiger partial charge in [0.05, 0.1) is 19.1 Å². The summed E-state index contributed by atoms with van der Waals surface area (Å²) in [5, 5.41) is 0. The fourth-order valence-electron chi connectivity index (χ4n) is 0.960. The predicted molar refractivity (Wildman–Crippen MR) is 64.1 cm³/mol. The first kappa shape index (κ1) is 15.0. The average Bonchev–Trinajstić information content (AvgIpc) is 2.31. The zero-order valence-corrected chi connectivity index (χ0v) is 10.8. The molecule has 0 aliphatic carbocycles. The number of hydrogen-bond acceptors (Lipinski definition) is 5. The number of carbonyl (C=O) groups excluding carboxylic acids is 2. The van der Waals surface area contributed by atoms with E-state index in [2.05, 4.69) is 16.4 Å². The van der Waals surface area contributed by atoms with Gasteiger partial charge in [0.25, 0.3) is 0 Å². The Balaban J connectivity index is 4.27. The topological polar surface area (TPSA) is 52.6 Å². The van der Waals surface area contributed by atoms with Gasteiger partial charge in [0, 0.05) is 6.08 Å². The van der Waals surface area contributed by atoms with Crippen LogP contribution in [0.1, 0.15) is 26.2 Å². The molecule has 0 atom stereocenters. The second kappa shape index (κ2) is 9.27. The monoisotopic (exact) mass is 246 g/mol. The summed E-state index contributed by atoms with van der Waals surface area (Å²) in [5.74, 6) is -0.235. The molecule has 0 rings (SSSR count). The molecule has 92 valence electrons. The lowest BCUT2D eigenvalue weighted by molar-refractivity contribution is -0.137. The van der Waals surface area contributed by atoms with Crippen LogP contribution in [0.5, 0.6) is 0 Å². The van der Waals surface area contributed by atoms with Crippen LogP contribution in [0.2, 0.25) is 0 Å². The van der Waals surface area contributed by atoms with E-state index < -0.39 is 11.9 Å². The Morgan fingerprint density at radius 2 is 1.88 bits per heavy atom. The van der Waals surface area contributed by atoms with Crippen molar-refractivity contribution in [3.05, 3.63) is 11.0 Å². The molecule has 0 heterocycles. The van der Waals surface area contributed by atoms with E-state index in [1.807, 2.05) is 0 Å². The van der Waals surface area contributed by atoms with Crippen LogP contribution in [0, 0.1) is 0 Å². The average molecular weight is 246 g/mol. The summed E-state index contributed by atoms with van der Waals surface area (Å²) in [6.07, 6.45) is 4.41. The maximum absolute atomic E-state index is 11.3. The summed E-state index contributed by atoms with van der Waals surface area (Å²) in [5.41, 5.74) is 0. The number of ether oxygens (including phenoxy) is 2. The molecular weight excluding hydrogens is 228 g/mol. The molecule has 0 bridgehead atoms. The largest absolute Gasteiger partial charge is 0.466 e. The van der Waals surface area contributed by atoms with Gasteiger partial charge in [0.2, 0.25) is 0 Å². The highest BCUT2D eigenvalue weighted by molar-refractivity contribution is 8.04. The van der Waals surface area contributed by atoms with Gasteiger partial charge in [-0.3, -0.25) is 0 Å². The zero-order chi connectivity index (χ0) is 12.4. The molecular formula is C11H18O4S. The van der Waals surface area contributed by atoms with Crippen LogP contribution < -0.4 is 0 Å². The summed E-state index contributed by atoms with van der Waals surface area (Å²) in [6, 6.07) is 0. The lowest BCUT2D eigenvalue weighted by atomic mass is 10.3. The highest BCUT2D eigenvalue weighted by Crippen LogP contribution is 2.19. The maximum atomic E-state index is 11.3. The van der Waals surface area contributed by atoms with Crippen LogP contribution in [0.3, 0.4) is 0 Å². The van der Waals surface area contributed by atoms with Gasteiger partial charge in [0.15, 0.2) is 0 Å². The van der Waals surface area contributed by atoms with Gasteiger partial charge in [-0.2, -0.15) is 0 Å². The van der Waals surface area contributed by atoms with E-state index in [-0.39, 0.29) is 0 Å². The minimum atomic E-state index is -0.539. The van der Waals surface area contributed by atoms with Crippen LogP contribution >= 0.6 is 11.8 Å². The Kier molecular flexibility index (Phi) is 8.71. The first-order chi connectivity index (χ1) is 7.65. The minimum absolute atomic E-state index is 0.297. The van der Waals surface area contributed by atoms with Crippen molar-refractivity contribution in [2.45, 2.75) is 26.2 Å².